The van der Waals surface area contributed by atoms with Gasteiger partial charge in [0.05, 0.1) is 24.7 Å². The quantitative estimate of drug-likeness (QED) is 0.864. The first kappa shape index (κ1) is 14.7. The zero-order chi connectivity index (χ0) is 14.5. The van der Waals surface area contributed by atoms with Crippen molar-refractivity contribution in [1.82, 2.24) is 15.4 Å². The van der Waals surface area contributed by atoms with Gasteiger partial charge in [0.15, 0.2) is 5.76 Å². The third kappa shape index (κ3) is 3.89. The Bertz CT molecular complexity index is 491. The highest BCUT2D eigenvalue weighted by molar-refractivity contribution is 7.99. The van der Waals surface area contributed by atoms with Crippen LogP contribution in [0.2, 0.25) is 0 Å². The van der Waals surface area contributed by atoms with Crippen LogP contribution in [-0.2, 0) is 11.3 Å². The summed E-state index contributed by atoms with van der Waals surface area (Å²) in [5.74, 6) is 1.17. The van der Waals surface area contributed by atoms with Gasteiger partial charge in [-0.05, 0) is 6.92 Å². The van der Waals surface area contributed by atoms with Crippen LogP contribution < -0.4 is 5.32 Å². The van der Waals surface area contributed by atoms with Gasteiger partial charge < -0.3 is 19.8 Å². The van der Waals surface area contributed by atoms with Crippen molar-refractivity contribution in [2.24, 2.45) is 0 Å². The normalized spacial score (nSPS) is 18.9. The summed E-state index contributed by atoms with van der Waals surface area (Å²) in [7, 11) is 0. The van der Waals surface area contributed by atoms with Crippen LogP contribution in [0.5, 0.6) is 0 Å². The number of aliphatic carboxylic acids is 1. The Labute approximate surface area is 120 Å². The first-order valence-electron chi connectivity index (χ1n) is 6.32. The Kier molecular flexibility index (Phi) is 4.89. The van der Waals surface area contributed by atoms with Crippen LogP contribution in [0.4, 0.5) is 4.79 Å². The second kappa shape index (κ2) is 6.65. The van der Waals surface area contributed by atoms with Gasteiger partial charge in [0, 0.05) is 24.1 Å². The molecule has 2 amide bonds. The van der Waals surface area contributed by atoms with Gasteiger partial charge in [-0.25, -0.2) is 4.79 Å². The number of amides is 2. The van der Waals surface area contributed by atoms with Crippen molar-refractivity contribution in [2.45, 2.75) is 25.9 Å². The fourth-order valence-electron chi connectivity index (χ4n) is 2.06. The maximum atomic E-state index is 12.1. The molecule has 0 aromatic carbocycles. The van der Waals surface area contributed by atoms with E-state index in [1.54, 1.807) is 29.7 Å². The van der Waals surface area contributed by atoms with Crippen LogP contribution in [0.25, 0.3) is 0 Å². The number of thioether (sulfide) groups is 1. The van der Waals surface area contributed by atoms with Crippen molar-refractivity contribution in [3.8, 4) is 0 Å². The number of rotatable bonds is 4. The molecule has 20 heavy (non-hydrogen) atoms. The van der Waals surface area contributed by atoms with E-state index in [0.29, 0.717) is 18.1 Å². The van der Waals surface area contributed by atoms with E-state index in [1.165, 1.54) is 0 Å². The average Bonchev–Trinajstić information content (AvgIpc) is 2.82. The predicted octanol–water partition coefficient (Wildman–Crippen LogP) is 1.08. The van der Waals surface area contributed by atoms with E-state index in [1.807, 2.05) is 0 Å². The summed E-state index contributed by atoms with van der Waals surface area (Å²) in [6.07, 6.45) is -0.0260. The second-order valence-corrected chi connectivity index (χ2v) is 5.76. The summed E-state index contributed by atoms with van der Waals surface area (Å²) in [6.45, 7) is 2.62. The van der Waals surface area contributed by atoms with Crippen molar-refractivity contribution in [1.29, 1.82) is 0 Å². The van der Waals surface area contributed by atoms with Gasteiger partial charge in [-0.2, -0.15) is 11.8 Å². The SMILES string of the molecule is Cc1cc(CNC(=O)N2CCSCC2CC(=O)O)on1. The monoisotopic (exact) mass is 299 g/mol. The summed E-state index contributed by atoms with van der Waals surface area (Å²) < 4.78 is 5.01. The zero-order valence-electron chi connectivity index (χ0n) is 11.2. The Morgan fingerprint density at radius 1 is 1.65 bits per heavy atom. The molecule has 1 unspecified atom stereocenters. The van der Waals surface area contributed by atoms with Crippen molar-refractivity contribution < 1.29 is 19.2 Å². The molecule has 1 aromatic rings. The van der Waals surface area contributed by atoms with Crippen LogP contribution >= 0.6 is 11.8 Å². The van der Waals surface area contributed by atoms with Gasteiger partial charge in [-0.15, -0.1) is 0 Å². The second-order valence-electron chi connectivity index (χ2n) is 4.61. The van der Waals surface area contributed by atoms with Crippen LogP contribution in [0.1, 0.15) is 17.9 Å². The molecule has 1 aromatic heterocycles. The van der Waals surface area contributed by atoms with E-state index in [-0.39, 0.29) is 25.0 Å². The lowest BCUT2D eigenvalue weighted by Gasteiger charge is -2.34. The number of carboxylic acid groups (broad SMARTS) is 1. The summed E-state index contributed by atoms with van der Waals surface area (Å²) in [5.41, 5.74) is 0.757. The molecule has 2 heterocycles. The lowest BCUT2D eigenvalue weighted by molar-refractivity contribution is -0.138. The molecule has 1 aliphatic heterocycles. The number of hydrogen-bond acceptors (Lipinski definition) is 5. The molecule has 0 bridgehead atoms. The molecule has 1 fully saturated rings. The van der Waals surface area contributed by atoms with Gasteiger partial charge in [0.2, 0.25) is 0 Å². The molecule has 0 aliphatic carbocycles. The van der Waals surface area contributed by atoms with E-state index in [2.05, 4.69) is 10.5 Å². The summed E-state index contributed by atoms with van der Waals surface area (Å²) in [5, 5.41) is 15.4. The number of nitrogens with zero attached hydrogens (tertiary/aromatic N) is 2. The number of nitrogens with one attached hydrogen (secondary N) is 1. The molecule has 7 nitrogen and oxygen atoms in total. The number of carbonyl (C=O) groups excluding carboxylic acids is 1. The summed E-state index contributed by atoms with van der Waals surface area (Å²) in [4.78, 5) is 24.5. The molecule has 2 rings (SSSR count). The van der Waals surface area contributed by atoms with Crippen LogP contribution in [0.15, 0.2) is 10.6 Å². The number of hydrogen-bond donors (Lipinski definition) is 2. The van der Waals surface area contributed by atoms with Gasteiger partial charge in [0.25, 0.3) is 0 Å². The maximum absolute atomic E-state index is 12.1. The smallest absolute Gasteiger partial charge is 0.318 e. The van der Waals surface area contributed by atoms with Gasteiger partial charge >= 0.3 is 12.0 Å². The standard InChI is InChI=1S/C12H17N3O4S/c1-8-4-10(19-14-8)6-13-12(18)15-2-3-20-7-9(15)5-11(16)17/h4,9H,2-3,5-7H2,1H3,(H,13,18)(H,16,17). The predicted molar refractivity (Wildman–Crippen MR) is 73.5 cm³/mol. The molecule has 1 aliphatic rings. The van der Waals surface area contributed by atoms with Crippen LogP contribution in [0, 0.1) is 6.92 Å². The van der Waals surface area contributed by atoms with Crippen LogP contribution in [-0.4, -0.2) is 51.3 Å². The third-order valence-electron chi connectivity index (χ3n) is 2.99. The summed E-state index contributed by atoms with van der Waals surface area (Å²) >= 11 is 1.67. The van der Waals surface area contributed by atoms with Crippen molar-refractivity contribution in [3.05, 3.63) is 17.5 Å². The molecule has 1 saturated heterocycles. The van der Waals surface area contributed by atoms with Crippen molar-refractivity contribution in [2.75, 3.05) is 18.1 Å². The van der Waals surface area contributed by atoms with Crippen molar-refractivity contribution >= 4 is 23.8 Å². The fraction of sp³-hybridized carbons (Fsp3) is 0.583. The topological polar surface area (TPSA) is 95.7 Å². The number of carbonyl (C=O) groups is 2. The van der Waals surface area contributed by atoms with E-state index in [4.69, 9.17) is 9.63 Å². The molecule has 8 heteroatoms. The minimum absolute atomic E-state index is 0.0260. The molecule has 0 radical (unpaired) electrons. The summed E-state index contributed by atoms with van der Waals surface area (Å²) in [6, 6.07) is 1.23. The lowest BCUT2D eigenvalue weighted by Crippen LogP contribution is -2.51. The minimum Gasteiger partial charge on any atom is -0.481 e. The fourth-order valence-corrected chi connectivity index (χ4v) is 3.12. The Morgan fingerprint density at radius 2 is 2.45 bits per heavy atom. The van der Waals surface area contributed by atoms with Gasteiger partial charge in [-0.3, -0.25) is 4.79 Å². The number of carboxylic acids is 1. The highest BCUT2D eigenvalue weighted by atomic mass is 32.2. The van der Waals surface area contributed by atoms with Crippen molar-refractivity contribution in [3.63, 3.8) is 0 Å². The largest absolute Gasteiger partial charge is 0.481 e. The first-order valence-corrected chi connectivity index (χ1v) is 7.48. The highest BCUT2D eigenvalue weighted by Gasteiger charge is 2.28. The van der Waals surface area contributed by atoms with Gasteiger partial charge in [-0.1, -0.05) is 5.16 Å². The maximum Gasteiger partial charge on any atom is 0.318 e. The minimum atomic E-state index is -0.888. The average molecular weight is 299 g/mol. The van der Waals surface area contributed by atoms with E-state index >= 15 is 0 Å². The molecular weight excluding hydrogens is 282 g/mol. The first-order chi connectivity index (χ1) is 9.56. The molecule has 1 atom stereocenters. The molecule has 0 spiro atoms. The van der Waals surface area contributed by atoms with E-state index in [9.17, 15) is 9.59 Å². The highest BCUT2D eigenvalue weighted by Crippen LogP contribution is 2.19. The number of urea groups is 1. The van der Waals surface area contributed by atoms with E-state index in [0.717, 1.165) is 11.4 Å². The van der Waals surface area contributed by atoms with Crippen LogP contribution in [0.3, 0.4) is 0 Å². The number of aromatic nitrogens is 1. The Morgan fingerprint density at radius 3 is 3.10 bits per heavy atom. The molecular formula is C12H17N3O4S. The Balaban J connectivity index is 1.90. The Hall–Kier alpha value is -1.70. The third-order valence-corrected chi connectivity index (χ3v) is 4.08. The number of aryl methyl sites for hydroxylation is 1. The molecule has 0 saturated carbocycles. The molecule has 110 valence electrons. The van der Waals surface area contributed by atoms with Gasteiger partial charge in [0.1, 0.15) is 0 Å². The molecule has 2 N–H and O–H groups in total. The zero-order valence-corrected chi connectivity index (χ0v) is 12.0. The lowest BCUT2D eigenvalue weighted by atomic mass is 10.2. The van der Waals surface area contributed by atoms with E-state index < -0.39 is 5.97 Å².